The molecule has 2 heterocycles. The van der Waals surface area contributed by atoms with E-state index in [0.717, 1.165) is 30.3 Å². The molecule has 2 amide bonds. The van der Waals surface area contributed by atoms with Crippen molar-refractivity contribution >= 4 is 17.6 Å². The van der Waals surface area contributed by atoms with Gasteiger partial charge in [-0.05, 0) is 63.0 Å². The molecule has 44 heavy (non-hydrogen) atoms. The lowest BCUT2D eigenvalue weighted by Crippen LogP contribution is -2.39. The molecule has 0 saturated carbocycles. The molecule has 1 aromatic rings. The number of aromatic nitrogens is 1. The zero-order chi connectivity index (χ0) is 33.9. The third-order valence-corrected chi connectivity index (χ3v) is 7.73. The lowest BCUT2D eigenvalue weighted by Gasteiger charge is -2.19. The van der Waals surface area contributed by atoms with Crippen LogP contribution in [0.1, 0.15) is 139 Å². The van der Waals surface area contributed by atoms with Gasteiger partial charge < -0.3 is 5.32 Å². The Morgan fingerprint density at radius 1 is 1.09 bits per heavy atom. The molecular weight excluding hydrogens is 554 g/mol. The first kappa shape index (κ1) is 41.2. The van der Waals surface area contributed by atoms with Crippen LogP contribution in [0, 0.1) is 17.2 Å². The summed E-state index contributed by atoms with van der Waals surface area (Å²) in [7, 11) is 0. The Kier molecular flexibility index (Phi) is 20.4. The van der Waals surface area contributed by atoms with Gasteiger partial charge in [-0.15, -0.1) is 0 Å². The molecule has 250 valence electrons. The summed E-state index contributed by atoms with van der Waals surface area (Å²) in [4.78, 5) is 23.0. The van der Waals surface area contributed by atoms with E-state index in [4.69, 9.17) is 0 Å². The van der Waals surface area contributed by atoms with Crippen molar-refractivity contribution in [2.75, 3.05) is 11.4 Å². The highest BCUT2D eigenvalue weighted by Gasteiger charge is 2.30. The fourth-order valence-electron chi connectivity index (χ4n) is 4.02. The molecule has 5 nitrogen and oxygen atoms in total. The van der Waals surface area contributed by atoms with Crippen LogP contribution in [0.5, 0.6) is 0 Å². The van der Waals surface area contributed by atoms with E-state index < -0.39 is 11.9 Å². The maximum atomic E-state index is 15.1. The number of halogens is 2. The summed E-state index contributed by atoms with van der Waals surface area (Å²) in [6, 6.07) is -0.492. The minimum atomic E-state index is -0.568. The highest BCUT2D eigenvalue weighted by molar-refractivity contribution is 5.99. The maximum Gasteiger partial charge on any atom is 0.327 e. The molecule has 0 aliphatic carbocycles. The van der Waals surface area contributed by atoms with Crippen LogP contribution in [0.15, 0.2) is 46.6 Å². The summed E-state index contributed by atoms with van der Waals surface area (Å²) in [5.74, 6) is -0.407. The van der Waals surface area contributed by atoms with Crippen LogP contribution in [0.3, 0.4) is 0 Å². The van der Waals surface area contributed by atoms with Gasteiger partial charge >= 0.3 is 6.03 Å². The summed E-state index contributed by atoms with van der Waals surface area (Å²) in [6.07, 6.45) is 15.4. The molecular formula is C37H62F2N4O. The Morgan fingerprint density at radius 2 is 1.68 bits per heavy atom. The van der Waals surface area contributed by atoms with Gasteiger partial charge in [-0.2, -0.15) is 0 Å². The van der Waals surface area contributed by atoms with Crippen LogP contribution in [-0.4, -0.2) is 23.3 Å². The first-order valence-corrected chi connectivity index (χ1v) is 16.7. The van der Waals surface area contributed by atoms with Gasteiger partial charge in [-0.3, -0.25) is 9.89 Å². The van der Waals surface area contributed by atoms with Crippen LogP contribution in [0.2, 0.25) is 0 Å². The third kappa shape index (κ3) is 14.8. The van der Waals surface area contributed by atoms with Crippen molar-refractivity contribution in [2.45, 2.75) is 141 Å². The Labute approximate surface area is 268 Å². The minimum Gasteiger partial charge on any atom is -0.305 e. The van der Waals surface area contributed by atoms with E-state index in [1.54, 1.807) is 6.92 Å². The van der Waals surface area contributed by atoms with E-state index in [-0.39, 0.29) is 17.4 Å². The number of nitrogens with one attached hydrogen (secondary N) is 1. The van der Waals surface area contributed by atoms with Crippen molar-refractivity contribution in [3.05, 3.63) is 58.6 Å². The zero-order valence-electron chi connectivity index (χ0n) is 30.0. The average molecular weight is 617 g/mol. The Bertz CT molecular complexity index is 1130. The van der Waals surface area contributed by atoms with E-state index in [9.17, 15) is 9.18 Å². The monoisotopic (exact) mass is 616 g/mol. The zero-order valence-corrected chi connectivity index (χ0v) is 30.0. The number of pyridine rings is 1. The number of nitrogens with zero attached hydrogens (tertiary/aromatic N) is 3. The van der Waals surface area contributed by atoms with Crippen molar-refractivity contribution < 1.29 is 13.6 Å². The van der Waals surface area contributed by atoms with E-state index in [2.05, 4.69) is 56.8 Å². The topological polar surface area (TPSA) is 57.6 Å². The number of amides is 2. The smallest absolute Gasteiger partial charge is 0.305 e. The first-order chi connectivity index (χ1) is 20.7. The van der Waals surface area contributed by atoms with Gasteiger partial charge in [0.1, 0.15) is 17.5 Å². The van der Waals surface area contributed by atoms with Crippen LogP contribution in [0.4, 0.5) is 19.4 Å². The van der Waals surface area contributed by atoms with Crippen LogP contribution >= 0.6 is 0 Å². The Morgan fingerprint density at radius 3 is 2.14 bits per heavy atom. The number of fused-ring (bicyclic) bond motifs is 1. The van der Waals surface area contributed by atoms with E-state index >= 15 is 4.39 Å². The molecule has 1 unspecified atom stereocenters. The number of anilines is 1. The number of unbranched alkanes of at least 4 members (excludes halogenated alkanes) is 3. The highest BCUT2D eigenvalue weighted by Crippen LogP contribution is 2.31. The standard InChI is InChI=1S/C25H34F2N4O.2C6H14/c1-7-11-18-19-12-13-31(24(19)28-15-21(18)27)25(32)30-22(10-4)20(26)14-23(16(5)8-2)29-17(6)9-3;1-5-6(2,3)4;1-3-5-6-4-2/h9-10,14-16H,7-8,11-13H2,1-6H3,(H,30,32);5H2,1-4H3;3-6H2,1-2H3/b17-9-,20-14+,22-10+,29-23+;;. The molecule has 0 bridgehead atoms. The lowest BCUT2D eigenvalue weighted by atomic mass is 9.94. The molecule has 1 aliphatic heterocycles. The average Bonchev–Trinajstić information content (AvgIpc) is 3.44. The number of aliphatic imine (C=N–C) groups is 1. The normalized spacial score (nSPS) is 14.7. The molecule has 1 aromatic heterocycles. The molecule has 7 heteroatoms. The maximum absolute atomic E-state index is 15.1. The van der Waals surface area contributed by atoms with Crippen molar-refractivity contribution in [2.24, 2.45) is 16.3 Å². The van der Waals surface area contributed by atoms with E-state index in [0.29, 0.717) is 41.9 Å². The SMILES string of the molecule is CCC(C)(C)C.CCCCCC.C\C=C(C)/N=C(\C=C(F)/C(=C\C)NC(=O)N1CCc2c1ncc(F)c2CCC)C(C)CC. The van der Waals surface area contributed by atoms with Gasteiger partial charge in [0.2, 0.25) is 0 Å². The van der Waals surface area contributed by atoms with Gasteiger partial charge in [0.05, 0.1) is 11.9 Å². The van der Waals surface area contributed by atoms with Crippen LogP contribution in [-0.2, 0) is 12.8 Å². The number of hydrogen-bond acceptors (Lipinski definition) is 3. The van der Waals surface area contributed by atoms with E-state index in [1.165, 1.54) is 49.2 Å². The van der Waals surface area contributed by atoms with Gasteiger partial charge in [0, 0.05) is 23.5 Å². The molecule has 1 N–H and O–H groups in total. The Balaban J connectivity index is 0.00000130. The van der Waals surface area contributed by atoms with Gasteiger partial charge in [-0.25, -0.2) is 18.6 Å². The van der Waals surface area contributed by atoms with Gasteiger partial charge in [0.15, 0.2) is 0 Å². The lowest BCUT2D eigenvalue weighted by molar-refractivity contribution is 0.248. The van der Waals surface area contributed by atoms with Crippen molar-refractivity contribution in [3.8, 4) is 0 Å². The summed E-state index contributed by atoms with van der Waals surface area (Å²) >= 11 is 0. The summed E-state index contributed by atoms with van der Waals surface area (Å²) in [5, 5.41) is 2.65. The summed E-state index contributed by atoms with van der Waals surface area (Å²) in [6.45, 7) is 25.2. The first-order valence-electron chi connectivity index (χ1n) is 16.7. The predicted molar refractivity (Wildman–Crippen MR) is 187 cm³/mol. The molecule has 1 atom stereocenters. The van der Waals surface area contributed by atoms with Crippen molar-refractivity contribution in [1.29, 1.82) is 0 Å². The largest absolute Gasteiger partial charge is 0.327 e. The molecule has 0 saturated heterocycles. The number of carbonyl (C=O) groups excluding carboxylic acids is 1. The van der Waals surface area contributed by atoms with Gasteiger partial charge in [-0.1, -0.05) is 113 Å². The summed E-state index contributed by atoms with van der Waals surface area (Å²) < 4.78 is 29.3. The fraction of sp³-hybridized carbons (Fsp3) is 0.649. The number of urea groups is 1. The van der Waals surface area contributed by atoms with Crippen LogP contribution in [0.25, 0.3) is 0 Å². The number of carbonyl (C=O) groups is 1. The molecule has 0 radical (unpaired) electrons. The van der Waals surface area contributed by atoms with Gasteiger partial charge in [0.25, 0.3) is 0 Å². The molecule has 0 fully saturated rings. The van der Waals surface area contributed by atoms with Crippen molar-refractivity contribution in [3.63, 3.8) is 0 Å². The molecule has 0 spiro atoms. The molecule has 2 rings (SSSR count). The number of rotatable bonds is 11. The second-order valence-corrected chi connectivity index (χ2v) is 12.6. The second-order valence-electron chi connectivity index (χ2n) is 12.6. The number of hydrogen-bond donors (Lipinski definition) is 1. The minimum absolute atomic E-state index is 0.0611. The quantitative estimate of drug-likeness (QED) is 0.153. The van der Waals surface area contributed by atoms with Crippen LogP contribution < -0.4 is 10.2 Å². The number of allylic oxidation sites excluding steroid dienone is 5. The summed E-state index contributed by atoms with van der Waals surface area (Å²) in [5.41, 5.74) is 3.38. The molecule has 0 aromatic carbocycles. The highest BCUT2D eigenvalue weighted by atomic mass is 19.1. The second kappa shape index (κ2) is 21.8. The van der Waals surface area contributed by atoms with E-state index in [1.807, 2.05) is 40.7 Å². The predicted octanol–water partition coefficient (Wildman–Crippen LogP) is 11.4. The van der Waals surface area contributed by atoms with Crippen molar-refractivity contribution in [1.82, 2.24) is 10.3 Å². The fourth-order valence-corrected chi connectivity index (χ4v) is 4.02. The molecule has 1 aliphatic rings. The third-order valence-electron chi connectivity index (χ3n) is 7.73. The Hall–Kier alpha value is -2.83.